The number of benzene rings is 1. The third-order valence-corrected chi connectivity index (χ3v) is 4.66. The van der Waals surface area contributed by atoms with Gasteiger partial charge in [-0.15, -0.1) is 0 Å². The Morgan fingerprint density at radius 2 is 1.90 bits per heavy atom. The molecule has 3 heteroatoms. The van der Waals surface area contributed by atoms with Crippen LogP contribution in [-0.4, -0.2) is 35.1 Å². The molecule has 0 spiro atoms. The molecule has 3 nitrogen and oxygen atoms in total. The molecule has 2 saturated carbocycles. The highest BCUT2D eigenvalue weighted by Crippen LogP contribution is 2.37. The number of hydrogen-bond acceptors (Lipinski definition) is 2. The Labute approximate surface area is 120 Å². The summed E-state index contributed by atoms with van der Waals surface area (Å²) in [5.41, 5.74) is 0.104. The fraction of sp³-hybridized carbons (Fsp3) is 0.588. The van der Waals surface area contributed by atoms with Crippen LogP contribution in [0.1, 0.15) is 38.2 Å². The van der Waals surface area contributed by atoms with Crippen molar-refractivity contribution in [3.63, 3.8) is 0 Å². The first-order valence-corrected chi connectivity index (χ1v) is 7.62. The van der Waals surface area contributed by atoms with Crippen LogP contribution >= 0.6 is 0 Å². The Bertz CT molecular complexity index is 479. The highest BCUT2D eigenvalue weighted by Gasteiger charge is 2.42. The van der Waals surface area contributed by atoms with Crippen molar-refractivity contribution in [3.05, 3.63) is 35.9 Å². The van der Waals surface area contributed by atoms with E-state index in [2.05, 4.69) is 4.90 Å². The summed E-state index contributed by atoms with van der Waals surface area (Å²) in [7, 11) is 0. The van der Waals surface area contributed by atoms with Crippen LogP contribution in [0.25, 0.3) is 0 Å². The summed E-state index contributed by atoms with van der Waals surface area (Å²) in [5.74, 6) is 0.0922. The fourth-order valence-corrected chi connectivity index (χ4v) is 2.91. The van der Waals surface area contributed by atoms with Crippen LogP contribution in [-0.2, 0) is 10.2 Å². The van der Waals surface area contributed by atoms with Gasteiger partial charge in [0.25, 0.3) is 0 Å². The molecular weight excluding hydrogens is 250 g/mol. The van der Waals surface area contributed by atoms with Gasteiger partial charge in [0, 0.05) is 19.1 Å². The van der Waals surface area contributed by atoms with Crippen LogP contribution in [0.3, 0.4) is 0 Å². The maximum atomic E-state index is 11.9. The maximum Gasteiger partial charge on any atom is 0.315 e. The number of carboxylic acid groups (broad SMARTS) is 1. The van der Waals surface area contributed by atoms with Crippen LogP contribution < -0.4 is 0 Å². The van der Waals surface area contributed by atoms with Gasteiger partial charge in [0.05, 0.1) is 0 Å². The molecule has 20 heavy (non-hydrogen) atoms. The summed E-state index contributed by atoms with van der Waals surface area (Å²) in [6.45, 7) is 3.58. The van der Waals surface area contributed by atoms with Crippen molar-refractivity contribution < 1.29 is 9.90 Å². The van der Waals surface area contributed by atoms with E-state index in [9.17, 15) is 9.90 Å². The summed E-state index contributed by atoms with van der Waals surface area (Å²) in [4.78, 5) is 14.3. The minimum absolute atomic E-state index is 0.623. The number of rotatable bonds is 7. The zero-order valence-corrected chi connectivity index (χ0v) is 12.1. The summed E-state index contributed by atoms with van der Waals surface area (Å²) in [5, 5.41) is 9.76. The van der Waals surface area contributed by atoms with Crippen molar-refractivity contribution >= 4 is 5.97 Å². The number of hydrogen-bond donors (Lipinski definition) is 1. The van der Waals surface area contributed by atoms with E-state index in [4.69, 9.17) is 0 Å². The van der Waals surface area contributed by atoms with Gasteiger partial charge in [0.2, 0.25) is 0 Å². The normalized spacial score (nSPS) is 21.7. The molecule has 108 valence electrons. The largest absolute Gasteiger partial charge is 0.481 e. The Hall–Kier alpha value is -1.35. The van der Waals surface area contributed by atoms with E-state index in [0.717, 1.165) is 18.0 Å². The third kappa shape index (κ3) is 2.88. The molecule has 0 heterocycles. The molecule has 2 fully saturated rings. The molecule has 1 atom stereocenters. The van der Waals surface area contributed by atoms with Gasteiger partial charge < -0.3 is 5.11 Å². The molecule has 1 N–H and O–H groups in total. The van der Waals surface area contributed by atoms with Crippen LogP contribution in [0.2, 0.25) is 0 Å². The van der Waals surface area contributed by atoms with Crippen LogP contribution in [0.15, 0.2) is 30.3 Å². The van der Waals surface area contributed by atoms with E-state index in [1.807, 2.05) is 37.3 Å². The lowest BCUT2D eigenvalue weighted by Gasteiger charge is -2.33. The standard InChI is InChI=1S/C17H23NO2/c1-17(16(19)20,14-5-3-2-4-6-14)12-18(15-9-10-15)11-13-7-8-13/h2-6,13,15H,7-12H2,1H3,(H,19,20). The summed E-state index contributed by atoms with van der Waals surface area (Å²) < 4.78 is 0. The number of aliphatic carboxylic acids is 1. The smallest absolute Gasteiger partial charge is 0.315 e. The van der Waals surface area contributed by atoms with E-state index >= 15 is 0 Å². The van der Waals surface area contributed by atoms with Crippen LogP contribution in [0, 0.1) is 5.92 Å². The van der Waals surface area contributed by atoms with Gasteiger partial charge in [0.1, 0.15) is 5.41 Å². The second-order valence-corrected chi connectivity index (χ2v) is 6.61. The molecule has 0 radical (unpaired) electrons. The summed E-state index contributed by atoms with van der Waals surface area (Å²) >= 11 is 0. The third-order valence-electron chi connectivity index (χ3n) is 4.66. The molecule has 3 rings (SSSR count). The van der Waals surface area contributed by atoms with E-state index in [1.54, 1.807) is 0 Å². The van der Waals surface area contributed by atoms with Crippen LogP contribution in [0.5, 0.6) is 0 Å². The lowest BCUT2D eigenvalue weighted by Crippen LogP contribution is -2.46. The summed E-state index contributed by atoms with van der Waals surface area (Å²) in [6.07, 6.45) is 5.10. The number of nitrogens with zero attached hydrogens (tertiary/aromatic N) is 1. The van der Waals surface area contributed by atoms with Gasteiger partial charge >= 0.3 is 5.97 Å². The van der Waals surface area contributed by atoms with Gasteiger partial charge in [-0.3, -0.25) is 9.69 Å². The molecule has 0 saturated heterocycles. The molecule has 1 unspecified atom stereocenters. The molecule has 2 aliphatic carbocycles. The Morgan fingerprint density at radius 3 is 2.40 bits per heavy atom. The van der Waals surface area contributed by atoms with Crippen molar-refractivity contribution in [1.82, 2.24) is 4.90 Å². The molecular formula is C17H23NO2. The lowest BCUT2D eigenvalue weighted by atomic mass is 9.82. The van der Waals surface area contributed by atoms with Gasteiger partial charge in [-0.05, 0) is 44.1 Å². The first-order valence-electron chi connectivity index (χ1n) is 7.62. The Morgan fingerprint density at radius 1 is 1.25 bits per heavy atom. The monoisotopic (exact) mass is 273 g/mol. The minimum atomic E-state index is -0.807. The van der Waals surface area contributed by atoms with Gasteiger partial charge in [-0.25, -0.2) is 0 Å². The second kappa shape index (κ2) is 5.21. The highest BCUT2D eigenvalue weighted by molar-refractivity contribution is 5.81. The zero-order chi connectivity index (χ0) is 14.2. The molecule has 2 aliphatic rings. The van der Waals surface area contributed by atoms with E-state index in [1.165, 1.54) is 25.7 Å². The molecule has 0 aromatic heterocycles. The maximum absolute atomic E-state index is 11.9. The predicted octanol–water partition coefficient (Wildman–Crippen LogP) is 2.90. The average Bonchev–Trinajstić information content (AvgIpc) is 3.31. The molecule has 0 amide bonds. The fourth-order valence-electron chi connectivity index (χ4n) is 2.91. The van der Waals surface area contributed by atoms with Crippen LogP contribution in [0.4, 0.5) is 0 Å². The van der Waals surface area contributed by atoms with E-state index < -0.39 is 11.4 Å². The van der Waals surface area contributed by atoms with Gasteiger partial charge in [-0.2, -0.15) is 0 Å². The Balaban J connectivity index is 1.80. The molecule has 1 aromatic rings. The van der Waals surface area contributed by atoms with E-state index in [-0.39, 0.29) is 0 Å². The molecule has 0 aliphatic heterocycles. The quantitative estimate of drug-likeness (QED) is 0.830. The predicted molar refractivity (Wildman–Crippen MR) is 78.7 cm³/mol. The van der Waals surface area contributed by atoms with E-state index in [0.29, 0.717) is 12.6 Å². The lowest BCUT2D eigenvalue weighted by molar-refractivity contribution is -0.144. The molecule has 1 aromatic carbocycles. The van der Waals surface area contributed by atoms with Gasteiger partial charge in [-0.1, -0.05) is 30.3 Å². The highest BCUT2D eigenvalue weighted by atomic mass is 16.4. The SMILES string of the molecule is CC(CN(CC1CC1)C1CC1)(C(=O)O)c1ccccc1. The number of carboxylic acids is 1. The zero-order valence-electron chi connectivity index (χ0n) is 12.1. The van der Waals surface area contributed by atoms with Crippen molar-refractivity contribution in [2.45, 2.75) is 44.1 Å². The first kappa shape index (κ1) is 13.6. The van der Waals surface area contributed by atoms with Crippen molar-refractivity contribution in [2.24, 2.45) is 5.92 Å². The Kier molecular flexibility index (Phi) is 3.55. The van der Waals surface area contributed by atoms with Crippen molar-refractivity contribution in [3.8, 4) is 0 Å². The number of carbonyl (C=O) groups is 1. The summed E-state index contributed by atoms with van der Waals surface area (Å²) in [6, 6.07) is 10.3. The van der Waals surface area contributed by atoms with Gasteiger partial charge in [0.15, 0.2) is 0 Å². The molecule has 0 bridgehead atoms. The van der Waals surface area contributed by atoms with Crippen molar-refractivity contribution in [1.29, 1.82) is 0 Å². The average molecular weight is 273 g/mol. The minimum Gasteiger partial charge on any atom is -0.481 e. The topological polar surface area (TPSA) is 40.5 Å². The van der Waals surface area contributed by atoms with Crippen molar-refractivity contribution in [2.75, 3.05) is 13.1 Å². The first-order chi connectivity index (χ1) is 9.59. The second-order valence-electron chi connectivity index (χ2n) is 6.61.